The highest BCUT2D eigenvalue weighted by Crippen LogP contribution is 2.28. The number of H-pyrrole nitrogens is 1. The van der Waals surface area contributed by atoms with Crippen molar-refractivity contribution >= 4 is 5.82 Å². The van der Waals surface area contributed by atoms with Gasteiger partial charge in [0.1, 0.15) is 23.2 Å². The molecule has 2 rings (SSSR count). The Morgan fingerprint density at radius 3 is 2.67 bits per heavy atom. The lowest BCUT2D eigenvalue weighted by Gasteiger charge is -2.05. The third kappa shape index (κ3) is 2.30. The molecule has 18 heavy (non-hydrogen) atoms. The van der Waals surface area contributed by atoms with Crippen LogP contribution in [0.5, 0.6) is 5.75 Å². The van der Waals surface area contributed by atoms with E-state index >= 15 is 0 Å². The molecular weight excluding hydrogens is 226 g/mol. The van der Waals surface area contributed by atoms with Crippen molar-refractivity contribution in [1.29, 1.82) is 5.26 Å². The van der Waals surface area contributed by atoms with Crippen molar-refractivity contribution < 1.29 is 4.74 Å². The number of nitrogen functional groups attached to an aromatic ring is 1. The minimum Gasteiger partial charge on any atom is -0.494 e. The fourth-order valence-corrected chi connectivity index (χ4v) is 1.74. The first-order valence-electron chi connectivity index (χ1n) is 5.86. The largest absolute Gasteiger partial charge is 0.494 e. The van der Waals surface area contributed by atoms with Gasteiger partial charge in [0.05, 0.1) is 6.61 Å². The van der Waals surface area contributed by atoms with E-state index in [1.54, 1.807) is 6.20 Å². The van der Waals surface area contributed by atoms with E-state index in [4.69, 9.17) is 15.7 Å². The van der Waals surface area contributed by atoms with Crippen molar-refractivity contribution in [3.8, 4) is 22.9 Å². The van der Waals surface area contributed by atoms with Crippen molar-refractivity contribution in [2.24, 2.45) is 0 Å². The number of rotatable bonds is 4. The van der Waals surface area contributed by atoms with Crippen molar-refractivity contribution in [1.82, 2.24) is 4.98 Å². The van der Waals surface area contributed by atoms with Gasteiger partial charge in [-0.2, -0.15) is 5.26 Å². The smallest absolute Gasteiger partial charge is 0.119 e. The summed E-state index contributed by atoms with van der Waals surface area (Å²) >= 11 is 0. The summed E-state index contributed by atoms with van der Waals surface area (Å²) in [6, 6.07) is 9.75. The van der Waals surface area contributed by atoms with Crippen LogP contribution in [-0.2, 0) is 0 Å². The molecule has 0 saturated heterocycles. The van der Waals surface area contributed by atoms with Crippen LogP contribution in [0, 0.1) is 11.3 Å². The van der Waals surface area contributed by atoms with Gasteiger partial charge in [-0.3, -0.25) is 0 Å². The number of aromatic nitrogens is 1. The van der Waals surface area contributed by atoms with E-state index in [2.05, 4.69) is 18.0 Å². The summed E-state index contributed by atoms with van der Waals surface area (Å²) in [5.41, 5.74) is 7.93. The second-order valence-corrected chi connectivity index (χ2v) is 3.98. The summed E-state index contributed by atoms with van der Waals surface area (Å²) in [5, 5.41) is 9.05. The average molecular weight is 241 g/mol. The fourth-order valence-electron chi connectivity index (χ4n) is 1.74. The zero-order valence-corrected chi connectivity index (χ0v) is 10.2. The monoisotopic (exact) mass is 241 g/mol. The molecule has 0 unspecified atom stereocenters. The molecule has 0 saturated carbocycles. The van der Waals surface area contributed by atoms with Crippen molar-refractivity contribution in [3.05, 3.63) is 36.0 Å². The summed E-state index contributed by atoms with van der Waals surface area (Å²) in [5.74, 6) is 1.24. The molecule has 0 radical (unpaired) electrons. The van der Waals surface area contributed by atoms with Crippen LogP contribution in [0.25, 0.3) is 11.1 Å². The first-order chi connectivity index (χ1) is 8.76. The van der Waals surface area contributed by atoms with Crippen LogP contribution in [-0.4, -0.2) is 11.6 Å². The van der Waals surface area contributed by atoms with Crippen LogP contribution in [0.1, 0.15) is 18.9 Å². The van der Waals surface area contributed by atoms with Gasteiger partial charge in [0.25, 0.3) is 0 Å². The first-order valence-corrected chi connectivity index (χ1v) is 5.86. The molecule has 0 aliphatic rings. The highest BCUT2D eigenvalue weighted by molar-refractivity contribution is 5.76. The van der Waals surface area contributed by atoms with Gasteiger partial charge < -0.3 is 15.5 Å². The molecule has 1 heterocycles. The van der Waals surface area contributed by atoms with E-state index in [9.17, 15) is 0 Å². The number of nitrogens with one attached hydrogen (secondary N) is 1. The Balaban J connectivity index is 2.26. The van der Waals surface area contributed by atoms with E-state index in [-0.39, 0.29) is 0 Å². The van der Waals surface area contributed by atoms with E-state index in [0.29, 0.717) is 18.0 Å². The number of benzene rings is 1. The first kappa shape index (κ1) is 12.1. The van der Waals surface area contributed by atoms with Gasteiger partial charge in [-0.25, -0.2) is 0 Å². The highest BCUT2D eigenvalue weighted by atomic mass is 16.5. The van der Waals surface area contributed by atoms with Crippen LogP contribution >= 0.6 is 0 Å². The predicted molar refractivity (Wildman–Crippen MR) is 71.1 cm³/mol. The van der Waals surface area contributed by atoms with Gasteiger partial charge in [0.15, 0.2) is 0 Å². The third-order valence-corrected chi connectivity index (χ3v) is 2.66. The molecule has 4 nitrogen and oxygen atoms in total. The van der Waals surface area contributed by atoms with Crippen LogP contribution in [0.4, 0.5) is 5.82 Å². The van der Waals surface area contributed by atoms with Gasteiger partial charge >= 0.3 is 0 Å². The summed E-state index contributed by atoms with van der Waals surface area (Å²) in [6.07, 6.45) is 2.73. The number of nitrogens with zero attached hydrogens (tertiary/aromatic N) is 1. The van der Waals surface area contributed by atoms with Crippen LogP contribution in [0.2, 0.25) is 0 Å². The van der Waals surface area contributed by atoms with Gasteiger partial charge in [0, 0.05) is 11.8 Å². The topological polar surface area (TPSA) is 74.8 Å². The highest BCUT2D eigenvalue weighted by Gasteiger charge is 2.10. The molecule has 0 bridgehead atoms. The maximum atomic E-state index is 9.05. The number of nitriles is 1. The lowest BCUT2D eigenvalue weighted by Crippen LogP contribution is -1.94. The molecule has 4 heteroatoms. The molecule has 1 aromatic carbocycles. The molecule has 3 N–H and O–H groups in total. The van der Waals surface area contributed by atoms with Gasteiger partial charge in [-0.05, 0) is 24.1 Å². The standard InChI is InChI=1S/C14H15N3O/c1-2-7-18-11-5-3-10(4-6-11)13-9-17-14(16)12(13)8-15/h3-6,9,17H,2,7,16H2,1H3. The molecule has 0 aliphatic carbocycles. The summed E-state index contributed by atoms with van der Waals surface area (Å²) in [4.78, 5) is 2.86. The molecular formula is C14H15N3O. The zero-order chi connectivity index (χ0) is 13.0. The SMILES string of the molecule is CCCOc1ccc(-c2c[nH]c(N)c2C#N)cc1. The Bertz CT molecular complexity index is 564. The van der Waals surface area contributed by atoms with Crippen molar-refractivity contribution in [2.75, 3.05) is 12.3 Å². The maximum Gasteiger partial charge on any atom is 0.119 e. The normalized spacial score (nSPS) is 10.0. The minimum atomic E-state index is 0.402. The maximum absolute atomic E-state index is 9.05. The average Bonchev–Trinajstić information content (AvgIpc) is 2.78. The second-order valence-electron chi connectivity index (χ2n) is 3.98. The molecule has 0 spiro atoms. The third-order valence-electron chi connectivity index (χ3n) is 2.66. The van der Waals surface area contributed by atoms with Crippen LogP contribution in [0.15, 0.2) is 30.5 Å². The van der Waals surface area contributed by atoms with E-state index in [0.717, 1.165) is 23.3 Å². The number of hydrogen-bond donors (Lipinski definition) is 2. The Morgan fingerprint density at radius 2 is 2.06 bits per heavy atom. The Morgan fingerprint density at radius 1 is 1.33 bits per heavy atom. The predicted octanol–water partition coefficient (Wildman–Crippen LogP) is 2.92. The summed E-state index contributed by atoms with van der Waals surface area (Å²) in [7, 11) is 0. The molecule has 92 valence electrons. The number of anilines is 1. The number of aromatic amines is 1. The van der Waals surface area contributed by atoms with Crippen molar-refractivity contribution in [3.63, 3.8) is 0 Å². The van der Waals surface area contributed by atoms with Gasteiger partial charge in [0.2, 0.25) is 0 Å². The summed E-state index contributed by atoms with van der Waals surface area (Å²) in [6.45, 7) is 2.77. The number of nitrogens with two attached hydrogens (primary N) is 1. The molecule has 2 aromatic rings. The lowest BCUT2D eigenvalue weighted by atomic mass is 10.0. The van der Waals surface area contributed by atoms with E-state index in [1.807, 2.05) is 24.3 Å². The minimum absolute atomic E-state index is 0.402. The van der Waals surface area contributed by atoms with E-state index in [1.165, 1.54) is 0 Å². The molecule has 0 aliphatic heterocycles. The Hall–Kier alpha value is -2.41. The van der Waals surface area contributed by atoms with Gasteiger partial charge in [-0.1, -0.05) is 19.1 Å². The lowest BCUT2D eigenvalue weighted by molar-refractivity contribution is 0.317. The van der Waals surface area contributed by atoms with Crippen LogP contribution < -0.4 is 10.5 Å². The summed E-state index contributed by atoms with van der Waals surface area (Å²) < 4.78 is 5.51. The van der Waals surface area contributed by atoms with Crippen LogP contribution in [0.3, 0.4) is 0 Å². The Kier molecular flexibility index (Phi) is 3.54. The Labute approximate surface area is 106 Å². The number of ether oxygens (including phenoxy) is 1. The molecule has 0 amide bonds. The number of hydrogen-bond acceptors (Lipinski definition) is 3. The van der Waals surface area contributed by atoms with Gasteiger partial charge in [-0.15, -0.1) is 0 Å². The quantitative estimate of drug-likeness (QED) is 0.864. The molecule has 0 fully saturated rings. The van der Waals surface area contributed by atoms with Crippen molar-refractivity contribution in [2.45, 2.75) is 13.3 Å². The molecule has 0 atom stereocenters. The fraction of sp³-hybridized carbons (Fsp3) is 0.214. The zero-order valence-electron chi connectivity index (χ0n) is 10.2. The van der Waals surface area contributed by atoms with E-state index < -0.39 is 0 Å². The second kappa shape index (κ2) is 5.28. The molecule has 1 aromatic heterocycles.